The first kappa shape index (κ1) is 14.6. The molecule has 0 aliphatic carbocycles. The Labute approximate surface area is 128 Å². The largest absolute Gasteiger partial charge is 0.338 e. The van der Waals surface area contributed by atoms with E-state index in [0.29, 0.717) is 13.1 Å². The summed E-state index contributed by atoms with van der Waals surface area (Å²) in [4.78, 5) is 29.0. The predicted molar refractivity (Wildman–Crippen MR) is 83.0 cm³/mol. The van der Waals surface area contributed by atoms with Crippen LogP contribution in [0, 0.1) is 13.8 Å². The quantitative estimate of drug-likeness (QED) is 0.886. The SMILES string of the molecule is Cc1cc([C@@H]2CCCN(C(=O)c3ccc(C)[nH]c3=O)C2)n[nH]1. The Balaban J connectivity index is 1.79. The summed E-state index contributed by atoms with van der Waals surface area (Å²) in [5, 5.41) is 7.25. The first-order valence-electron chi connectivity index (χ1n) is 7.55. The highest BCUT2D eigenvalue weighted by Crippen LogP contribution is 2.26. The van der Waals surface area contributed by atoms with Gasteiger partial charge in [0.1, 0.15) is 5.56 Å². The summed E-state index contributed by atoms with van der Waals surface area (Å²) >= 11 is 0. The maximum absolute atomic E-state index is 12.6. The molecule has 116 valence electrons. The molecule has 2 aromatic heterocycles. The average molecular weight is 300 g/mol. The summed E-state index contributed by atoms with van der Waals surface area (Å²) in [5.74, 6) is 0.0328. The molecule has 2 N–H and O–H groups in total. The molecule has 0 radical (unpaired) electrons. The van der Waals surface area contributed by atoms with Gasteiger partial charge in [0.05, 0.1) is 5.69 Å². The molecule has 0 spiro atoms. The summed E-state index contributed by atoms with van der Waals surface area (Å²) in [6.45, 7) is 5.06. The molecule has 0 unspecified atom stereocenters. The first-order chi connectivity index (χ1) is 10.5. The van der Waals surface area contributed by atoms with Gasteiger partial charge in [-0.15, -0.1) is 0 Å². The molecule has 22 heavy (non-hydrogen) atoms. The number of amides is 1. The monoisotopic (exact) mass is 300 g/mol. The van der Waals surface area contributed by atoms with E-state index in [9.17, 15) is 9.59 Å². The van der Waals surface area contributed by atoms with E-state index in [1.165, 1.54) is 0 Å². The number of aromatic nitrogens is 3. The number of pyridine rings is 1. The predicted octanol–water partition coefficient (Wildman–Crippen LogP) is 1.73. The number of nitrogens with zero attached hydrogens (tertiary/aromatic N) is 2. The average Bonchev–Trinajstić information content (AvgIpc) is 2.93. The van der Waals surface area contributed by atoms with E-state index in [1.807, 2.05) is 13.0 Å². The Kier molecular flexibility index (Phi) is 3.83. The molecule has 0 aromatic carbocycles. The van der Waals surface area contributed by atoms with E-state index in [4.69, 9.17) is 0 Å². The lowest BCUT2D eigenvalue weighted by atomic mass is 9.94. The second-order valence-corrected chi connectivity index (χ2v) is 5.95. The van der Waals surface area contributed by atoms with Crippen LogP contribution in [-0.2, 0) is 0 Å². The third-order valence-corrected chi connectivity index (χ3v) is 4.14. The van der Waals surface area contributed by atoms with Crippen molar-refractivity contribution in [2.75, 3.05) is 13.1 Å². The summed E-state index contributed by atoms with van der Waals surface area (Å²) in [5.41, 5.74) is 2.67. The number of rotatable bonds is 2. The van der Waals surface area contributed by atoms with Crippen LogP contribution in [-0.4, -0.2) is 39.1 Å². The Bertz CT molecular complexity index is 747. The Morgan fingerprint density at radius 3 is 2.82 bits per heavy atom. The van der Waals surface area contributed by atoms with Gasteiger partial charge < -0.3 is 9.88 Å². The molecule has 1 amide bonds. The van der Waals surface area contributed by atoms with Crippen molar-refractivity contribution >= 4 is 5.91 Å². The van der Waals surface area contributed by atoms with Crippen LogP contribution in [0.3, 0.4) is 0 Å². The zero-order valence-electron chi connectivity index (χ0n) is 12.8. The van der Waals surface area contributed by atoms with Crippen molar-refractivity contribution in [1.82, 2.24) is 20.1 Å². The lowest BCUT2D eigenvalue weighted by Gasteiger charge is -2.31. The number of hydrogen-bond acceptors (Lipinski definition) is 3. The van der Waals surface area contributed by atoms with E-state index < -0.39 is 0 Å². The molecule has 6 nitrogen and oxygen atoms in total. The van der Waals surface area contributed by atoms with Crippen LogP contribution in [0.4, 0.5) is 0 Å². The third kappa shape index (κ3) is 2.81. The fourth-order valence-corrected chi connectivity index (χ4v) is 2.96. The normalized spacial score (nSPS) is 18.5. The number of carbonyl (C=O) groups is 1. The standard InChI is InChI=1S/C16H20N4O2/c1-10-5-6-13(15(21)17-10)16(22)20-7-3-4-12(9-20)14-8-11(2)18-19-14/h5-6,8,12H,3-4,7,9H2,1-2H3,(H,17,21)(H,18,19)/t12-/m1/s1. The minimum atomic E-state index is -0.317. The highest BCUT2D eigenvalue weighted by Gasteiger charge is 2.27. The summed E-state index contributed by atoms with van der Waals surface area (Å²) < 4.78 is 0. The number of aromatic amines is 2. The van der Waals surface area contributed by atoms with Gasteiger partial charge in [0.25, 0.3) is 11.5 Å². The zero-order chi connectivity index (χ0) is 15.7. The van der Waals surface area contributed by atoms with Crippen molar-refractivity contribution in [3.8, 4) is 0 Å². The van der Waals surface area contributed by atoms with Gasteiger partial charge in [-0.25, -0.2) is 0 Å². The highest BCUT2D eigenvalue weighted by molar-refractivity contribution is 5.93. The molecule has 6 heteroatoms. The maximum Gasteiger partial charge on any atom is 0.260 e. The lowest BCUT2D eigenvalue weighted by Crippen LogP contribution is -2.41. The molecule has 1 atom stereocenters. The lowest BCUT2D eigenvalue weighted by molar-refractivity contribution is 0.0704. The number of piperidine rings is 1. The molecule has 3 heterocycles. The minimum absolute atomic E-state index is 0.196. The van der Waals surface area contributed by atoms with Gasteiger partial charge in [-0.3, -0.25) is 14.7 Å². The number of nitrogens with one attached hydrogen (secondary N) is 2. The summed E-state index contributed by atoms with van der Waals surface area (Å²) in [6.07, 6.45) is 1.93. The van der Waals surface area contributed by atoms with Crippen LogP contribution < -0.4 is 5.56 Å². The molecule has 2 aromatic rings. The van der Waals surface area contributed by atoms with Crippen molar-refractivity contribution in [2.24, 2.45) is 0 Å². The molecular weight excluding hydrogens is 280 g/mol. The van der Waals surface area contributed by atoms with Gasteiger partial charge in [0.2, 0.25) is 0 Å². The van der Waals surface area contributed by atoms with Crippen molar-refractivity contribution in [3.63, 3.8) is 0 Å². The fourth-order valence-electron chi connectivity index (χ4n) is 2.96. The minimum Gasteiger partial charge on any atom is -0.338 e. The number of hydrogen-bond donors (Lipinski definition) is 2. The number of H-pyrrole nitrogens is 2. The molecule has 1 aliphatic heterocycles. The van der Waals surface area contributed by atoms with Gasteiger partial charge in [0, 0.05) is 30.4 Å². The van der Waals surface area contributed by atoms with E-state index >= 15 is 0 Å². The van der Waals surface area contributed by atoms with Gasteiger partial charge in [-0.1, -0.05) is 0 Å². The first-order valence-corrected chi connectivity index (χ1v) is 7.55. The van der Waals surface area contributed by atoms with Crippen molar-refractivity contribution in [2.45, 2.75) is 32.6 Å². The number of aryl methyl sites for hydroxylation is 2. The molecule has 0 bridgehead atoms. The van der Waals surface area contributed by atoms with Crippen LogP contribution >= 0.6 is 0 Å². The Hall–Kier alpha value is -2.37. The van der Waals surface area contributed by atoms with E-state index in [-0.39, 0.29) is 22.9 Å². The van der Waals surface area contributed by atoms with E-state index in [0.717, 1.165) is 29.9 Å². The molecule has 1 fully saturated rings. The third-order valence-electron chi connectivity index (χ3n) is 4.14. The molecule has 3 rings (SSSR count). The molecule has 1 aliphatic rings. The van der Waals surface area contributed by atoms with E-state index in [2.05, 4.69) is 15.2 Å². The van der Waals surface area contributed by atoms with E-state index in [1.54, 1.807) is 24.0 Å². The van der Waals surface area contributed by atoms with Crippen molar-refractivity contribution in [3.05, 3.63) is 51.2 Å². The Morgan fingerprint density at radius 1 is 1.32 bits per heavy atom. The second kappa shape index (κ2) is 5.79. The van der Waals surface area contributed by atoms with Gasteiger partial charge in [-0.05, 0) is 44.9 Å². The van der Waals surface area contributed by atoms with Gasteiger partial charge in [0.15, 0.2) is 0 Å². The van der Waals surface area contributed by atoms with Crippen LogP contribution in [0.25, 0.3) is 0 Å². The molecule has 1 saturated heterocycles. The summed E-state index contributed by atoms with van der Waals surface area (Å²) in [6, 6.07) is 5.39. The number of carbonyl (C=O) groups excluding carboxylic acids is 1. The highest BCUT2D eigenvalue weighted by atomic mass is 16.2. The smallest absolute Gasteiger partial charge is 0.260 e. The van der Waals surface area contributed by atoms with Crippen LogP contribution in [0.5, 0.6) is 0 Å². The maximum atomic E-state index is 12.6. The topological polar surface area (TPSA) is 81.8 Å². The Morgan fingerprint density at radius 2 is 2.14 bits per heavy atom. The van der Waals surface area contributed by atoms with Gasteiger partial charge >= 0.3 is 0 Å². The zero-order valence-corrected chi connectivity index (χ0v) is 12.8. The van der Waals surface area contributed by atoms with Crippen molar-refractivity contribution < 1.29 is 4.79 Å². The molecule has 0 saturated carbocycles. The van der Waals surface area contributed by atoms with Gasteiger partial charge in [-0.2, -0.15) is 5.10 Å². The van der Waals surface area contributed by atoms with Crippen molar-refractivity contribution in [1.29, 1.82) is 0 Å². The summed E-state index contributed by atoms with van der Waals surface area (Å²) in [7, 11) is 0. The van der Waals surface area contributed by atoms with Crippen LogP contribution in [0.15, 0.2) is 23.0 Å². The molecular formula is C16H20N4O2. The number of likely N-dealkylation sites (tertiary alicyclic amines) is 1. The van der Waals surface area contributed by atoms with Crippen LogP contribution in [0.1, 0.15) is 46.2 Å². The van der Waals surface area contributed by atoms with Crippen LogP contribution in [0.2, 0.25) is 0 Å². The fraction of sp³-hybridized carbons (Fsp3) is 0.438. The second-order valence-electron chi connectivity index (χ2n) is 5.95.